The van der Waals surface area contributed by atoms with E-state index in [4.69, 9.17) is 11.6 Å². The van der Waals surface area contributed by atoms with Gasteiger partial charge in [0.15, 0.2) is 9.84 Å². The summed E-state index contributed by atoms with van der Waals surface area (Å²) in [6.45, 7) is 3.30. The Labute approximate surface area is 225 Å². The van der Waals surface area contributed by atoms with Crippen molar-refractivity contribution in [1.82, 2.24) is 20.2 Å². The Hall–Kier alpha value is -2.94. The lowest BCUT2D eigenvalue weighted by atomic mass is 10.2. The third-order valence-electron chi connectivity index (χ3n) is 6.28. The van der Waals surface area contributed by atoms with Crippen molar-refractivity contribution in [2.75, 3.05) is 55.7 Å². The fraction of sp³-hybridized carbons (Fsp3) is 0.348. The molecule has 1 aromatic carbocycles. The number of fused-ring (bicyclic) bond motifs is 1. The number of hydrogen-bond acceptors (Lipinski definition) is 9. The summed E-state index contributed by atoms with van der Waals surface area (Å²) in [4.78, 5) is 23.5. The number of aromatic nitrogens is 2. The zero-order chi connectivity index (χ0) is 27.2. The maximum Gasteiger partial charge on any atom is 0.420 e. The highest BCUT2D eigenvalue weighted by molar-refractivity contribution is 7.91. The molecule has 0 saturated carbocycles. The number of nitrogens with one attached hydrogen (secondary N) is 2. The first kappa shape index (κ1) is 26.7. The number of anilines is 3. The minimum Gasteiger partial charge on any atom is -0.369 e. The fourth-order valence-electron chi connectivity index (χ4n) is 4.20. The van der Waals surface area contributed by atoms with E-state index in [1.54, 1.807) is 12.1 Å². The van der Waals surface area contributed by atoms with Crippen LogP contribution in [-0.2, 0) is 16.0 Å². The average Bonchev–Trinajstić information content (AvgIpc) is 3.32. The first-order chi connectivity index (χ1) is 17.9. The van der Waals surface area contributed by atoms with E-state index >= 15 is 0 Å². The number of benzene rings is 1. The van der Waals surface area contributed by atoms with E-state index in [2.05, 4.69) is 25.5 Å². The Balaban J connectivity index is 1.53. The summed E-state index contributed by atoms with van der Waals surface area (Å²) in [6.07, 6.45) is -4.20. The second-order valence-electron chi connectivity index (χ2n) is 8.83. The molecule has 38 heavy (non-hydrogen) atoms. The van der Waals surface area contributed by atoms with Crippen LogP contribution in [0.2, 0.25) is 5.02 Å². The van der Waals surface area contributed by atoms with E-state index < -0.39 is 33.2 Å². The van der Waals surface area contributed by atoms with E-state index in [-0.39, 0.29) is 32.9 Å². The smallest absolute Gasteiger partial charge is 0.369 e. The average molecular weight is 587 g/mol. The predicted octanol–water partition coefficient (Wildman–Crippen LogP) is 3.89. The van der Waals surface area contributed by atoms with Crippen molar-refractivity contribution in [2.45, 2.75) is 11.1 Å². The Bertz CT molecular complexity index is 1510. The van der Waals surface area contributed by atoms with Crippen LogP contribution in [0.1, 0.15) is 15.2 Å². The molecule has 5 rings (SSSR count). The SMILES string of the molecule is CN1CCS(=O)(=O)c2cc(-c3nc(Nc4ccc(N5CCNCC5)cc4Cl)ncc3C(F)(F)F)sc2C1=O. The van der Waals surface area contributed by atoms with Crippen LogP contribution in [0.3, 0.4) is 0 Å². The Morgan fingerprint density at radius 3 is 2.58 bits per heavy atom. The van der Waals surface area contributed by atoms with Gasteiger partial charge in [-0.05, 0) is 24.3 Å². The van der Waals surface area contributed by atoms with Gasteiger partial charge >= 0.3 is 6.18 Å². The van der Waals surface area contributed by atoms with Gasteiger partial charge in [0.1, 0.15) is 10.4 Å². The van der Waals surface area contributed by atoms with Crippen LogP contribution in [0.15, 0.2) is 35.4 Å². The van der Waals surface area contributed by atoms with Crippen LogP contribution < -0.4 is 15.5 Å². The van der Waals surface area contributed by atoms with E-state index in [9.17, 15) is 26.4 Å². The van der Waals surface area contributed by atoms with Crippen LogP contribution in [0, 0.1) is 0 Å². The van der Waals surface area contributed by atoms with Crippen LogP contribution in [-0.4, -0.2) is 74.7 Å². The molecule has 1 amide bonds. The maximum absolute atomic E-state index is 13.9. The number of rotatable bonds is 4. The first-order valence-corrected chi connectivity index (χ1v) is 14.4. The number of alkyl halides is 3. The molecule has 0 radical (unpaired) electrons. The fourth-order valence-corrected chi connectivity index (χ4v) is 7.45. The summed E-state index contributed by atoms with van der Waals surface area (Å²) >= 11 is 7.11. The molecule has 0 spiro atoms. The molecule has 0 aliphatic carbocycles. The summed E-state index contributed by atoms with van der Waals surface area (Å²) in [6, 6.07) is 6.37. The summed E-state index contributed by atoms with van der Waals surface area (Å²) in [7, 11) is -2.43. The molecular weight excluding hydrogens is 565 g/mol. The largest absolute Gasteiger partial charge is 0.420 e. The van der Waals surface area contributed by atoms with Crippen LogP contribution in [0.4, 0.5) is 30.5 Å². The van der Waals surface area contributed by atoms with Gasteiger partial charge in [-0.1, -0.05) is 11.6 Å². The highest BCUT2D eigenvalue weighted by Crippen LogP contribution is 2.42. The van der Waals surface area contributed by atoms with Gasteiger partial charge in [0.25, 0.3) is 5.91 Å². The van der Waals surface area contributed by atoms with Crippen molar-refractivity contribution >= 4 is 56.0 Å². The molecule has 0 atom stereocenters. The Morgan fingerprint density at radius 1 is 1.16 bits per heavy atom. The molecule has 4 heterocycles. The van der Waals surface area contributed by atoms with Gasteiger partial charge in [-0.2, -0.15) is 13.2 Å². The van der Waals surface area contributed by atoms with Gasteiger partial charge in [-0.15, -0.1) is 11.3 Å². The standard InChI is InChI=1S/C23H22ClF3N6O3S2/c1-32-8-9-38(35,36)18-11-17(37-20(18)21(32)34)19-14(23(25,26)27)12-29-22(31-19)30-16-3-2-13(10-15(16)24)33-6-4-28-5-7-33/h2-3,10-12,28H,4-9H2,1H3,(H,29,30,31). The van der Waals surface area contributed by atoms with Gasteiger partial charge in [0.2, 0.25) is 5.95 Å². The van der Waals surface area contributed by atoms with Gasteiger partial charge in [-0.25, -0.2) is 18.4 Å². The third kappa shape index (κ3) is 5.17. The molecule has 1 saturated heterocycles. The molecule has 2 N–H and O–H groups in total. The molecule has 2 aromatic heterocycles. The minimum absolute atomic E-state index is 0.0124. The first-order valence-electron chi connectivity index (χ1n) is 11.5. The topological polar surface area (TPSA) is 108 Å². The van der Waals surface area contributed by atoms with Gasteiger partial charge in [0, 0.05) is 51.7 Å². The number of thiophene rings is 1. The predicted molar refractivity (Wildman–Crippen MR) is 139 cm³/mol. The lowest BCUT2D eigenvalue weighted by Gasteiger charge is -2.29. The second kappa shape index (κ2) is 9.98. The van der Waals surface area contributed by atoms with E-state index in [1.807, 2.05) is 6.07 Å². The van der Waals surface area contributed by atoms with Crippen LogP contribution >= 0.6 is 22.9 Å². The Kier molecular flexibility index (Phi) is 7.00. The van der Waals surface area contributed by atoms with Gasteiger partial charge in [-0.3, -0.25) is 4.79 Å². The molecular formula is C23H22ClF3N6O3S2. The van der Waals surface area contributed by atoms with E-state index in [0.717, 1.165) is 37.9 Å². The van der Waals surface area contributed by atoms with Crippen LogP contribution in [0.25, 0.3) is 10.6 Å². The second-order valence-corrected chi connectivity index (χ2v) is 12.4. The number of carbonyl (C=O) groups is 1. The summed E-state index contributed by atoms with van der Waals surface area (Å²) in [5, 5.41) is 6.45. The monoisotopic (exact) mass is 586 g/mol. The van der Waals surface area contributed by atoms with Crippen molar-refractivity contribution < 1.29 is 26.4 Å². The van der Waals surface area contributed by atoms with Crippen LogP contribution in [0.5, 0.6) is 0 Å². The number of halogens is 4. The maximum atomic E-state index is 13.9. The normalized spacial score (nSPS) is 17.8. The van der Waals surface area contributed by atoms with Crippen molar-refractivity contribution in [3.63, 3.8) is 0 Å². The molecule has 2 aliphatic heterocycles. The summed E-state index contributed by atoms with van der Waals surface area (Å²) in [5.74, 6) is -1.07. The highest BCUT2D eigenvalue weighted by atomic mass is 35.5. The molecule has 0 bridgehead atoms. The van der Waals surface area contributed by atoms with Crippen molar-refractivity contribution in [1.29, 1.82) is 0 Å². The molecule has 1 fully saturated rings. The minimum atomic E-state index is -4.82. The number of piperazine rings is 1. The van der Waals surface area contributed by atoms with E-state index in [1.165, 1.54) is 11.9 Å². The van der Waals surface area contributed by atoms with Gasteiger partial charge < -0.3 is 20.4 Å². The van der Waals surface area contributed by atoms with Crippen molar-refractivity contribution in [3.8, 4) is 10.6 Å². The molecule has 2 aliphatic rings. The molecule has 9 nitrogen and oxygen atoms in total. The van der Waals surface area contributed by atoms with Gasteiger partial charge in [0.05, 0.1) is 31.9 Å². The lowest BCUT2D eigenvalue weighted by molar-refractivity contribution is -0.137. The zero-order valence-corrected chi connectivity index (χ0v) is 22.4. The number of hydrogen-bond donors (Lipinski definition) is 2. The molecule has 15 heteroatoms. The lowest BCUT2D eigenvalue weighted by Crippen LogP contribution is -2.43. The summed E-state index contributed by atoms with van der Waals surface area (Å²) in [5.41, 5.74) is -0.394. The highest BCUT2D eigenvalue weighted by Gasteiger charge is 2.38. The number of amides is 1. The molecule has 0 unspecified atom stereocenters. The van der Waals surface area contributed by atoms with Crippen molar-refractivity contribution in [2.24, 2.45) is 0 Å². The van der Waals surface area contributed by atoms with E-state index in [0.29, 0.717) is 28.2 Å². The number of carbonyl (C=O) groups excluding carboxylic acids is 1. The quantitative estimate of drug-likeness (QED) is 0.474. The van der Waals surface area contributed by atoms with Crippen molar-refractivity contribution in [3.05, 3.63) is 45.9 Å². The number of sulfone groups is 1. The molecule has 3 aromatic rings. The molecule has 202 valence electrons. The summed E-state index contributed by atoms with van der Waals surface area (Å²) < 4.78 is 67.2. The zero-order valence-electron chi connectivity index (χ0n) is 20.0. The third-order valence-corrected chi connectivity index (χ3v) is 9.56. The Morgan fingerprint density at radius 2 is 1.89 bits per heavy atom. The number of nitrogens with zero attached hydrogens (tertiary/aromatic N) is 4.